The van der Waals surface area contributed by atoms with Gasteiger partial charge in [-0.05, 0) is 61.4 Å². The molecule has 2 aromatic carbocycles. The van der Waals surface area contributed by atoms with Crippen LogP contribution in [0.1, 0.15) is 16.7 Å². The lowest BCUT2D eigenvalue weighted by molar-refractivity contribution is 0.614. The molecule has 4 heteroatoms. The molecule has 0 saturated heterocycles. The van der Waals surface area contributed by atoms with E-state index in [-0.39, 0.29) is 11.1 Å². The predicted molar refractivity (Wildman–Crippen MR) is 91.1 cm³/mol. The third-order valence-electron chi connectivity index (χ3n) is 4.37. The van der Waals surface area contributed by atoms with Crippen LogP contribution in [0.25, 0.3) is 33.2 Å². The van der Waals surface area contributed by atoms with E-state index in [2.05, 4.69) is 4.98 Å². The quantitative estimate of drug-likeness (QED) is 0.480. The first kappa shape index (κ1) is 14.4. The fraction of sp³-hybridized carbons (Fsp3) is 0.100. The molecule has 2 aromatic heterocycles. The molecule has 0 atom stereocenters. The molecule has 0 amide bonds. The summed E-state index contributed by atoms with van der Waals surface area (Å²) in [6.45, 7) is 4.07. The van der Waals surface area contributed by atoms with Gasteiger partial charge in [0.2, 0.25) is 0 Å². The normalized spacial score (nSPS) is 11.1. The Morgan fingerprint density at radius 1 is 1.04 bits per heavy atom. The monoisotopic (exact) mass is 316 g/mol. The second kappa shape index (κ2) is 5.17. The van der Waals surface area contributed by atoms with Gasteiger partial charge < -0.3 is 4.42 Å². The largest absolute Gasteiger partial charge is 0.455 e. The maximum Gasteiger partial charge on any atom is 0.156 e. The standard InChI is InChI=1S/C20H13FN2O/c1-11-7-18(23-10-12(11)2)13-3-6-19-15(8-13)14-4-5-17(21)16(9-22)20(14)24-19/h3-8,10H,1-2H3. The van der Waals surface area contributed by atoms with Crippen LogP contribution in [0.3, 0.4) is 0 Å². The number of fused-ring (bicyclic) bond motifs is 3. The topological polar surface area (TPSA) is 49.8 Å². The van der Waals surface area contributed by atoms with Crippen LogP contribution in [0.4, 0.5) is 4.39 Å². The molecule has 0 aliphatic rings. The molecule has 3 nitrogen and oxygen atoms in total. The second-order valence-corrected chi connectivity index (χ2v) is 5.88. The number of nitriles is 1. The number of aryl methyl sites for hydroxylation is 2. The van der Waals surface area contributed by atoms with E-state index in [0.29, 0.717) is 5.58 Å². The number of pyridine rings is 1. The van der Waals surface area contributed by atoms with Crippen LogP contribution in [-0.4, -0.2) is 4.98 Å². The van der Waals surface area contributed by atoms with E-state index in [9.17, 15) is 9.65 Å². The molecular weight excluding hydrogens is 303 g/mol. The highest BCUT2D eigenvalue weighted by Gasteiger charge is 2.15. The summed E-state index contributed by atoms with van der Waals surface area (Å²) < 4.78 is 19.5. The van der Waals surface area contributed by atoms with Crippen LogP contribution >= 0.6 is 0 Å². The molecule has 4 aromatic rings. The van der Waals surface area contributed by atoms with Crippen molar-refractivity contribution in [3.63, 3.8) is 0 Å². The smallest absolute Gasteiger partial charge is 0.156 e. The van der Waals surface area contributed by atoms with Crippen molar-refractivity contribution in [3.05, 3.63) is 65.1 Å². The van der Waals surface area contributed by atoms with E-state index >= 15 is 0 Å². The molecule has 0 aliphatic heterocycles. The summed E-state index contributed by atoms with van der Waals surface area (Å²) in [5.41, 5.74) is 4.99. The average molecular weight is 316 g/mol. The van der Waals surface area contributed by atoms with Crippen molar-refractivity contribution in [3.8, 4) is 17.3 Å². The van der Waals surface area contributed by atoms with Crippen molar-refractivity contribution in [2.45, 2.75) is 13.8 Å². The Hall–Kier alpha value is -3.19. The number of benzene rings is 2. The van der Waals surface area contributed by atoms with Crippen LogP contribution in [-0.2, 0) is 0 Å². The van der Waals surface area contributed by atoms with Gasteiger partial charge in [-0.15, -0.1) is 0 Å². The van der Waals surface area contributed by atoms with Gasteiger partial charge in [0.1, 0.15) is 23.0 Å². The molecule has 0 saturated carbocycles. The van der Waals surface area contributed by atoms with E-state index < -0.39 is 5.82 Å². The number of rotatable bonds is 1. The van der Waals surface area contributed by atoms with Gasteiger partial charge in [-0.3, -0.25) is 4.98 Å². The summed E-state index contributed by atoms with van der Waals surface area (Å²) >= 11 is 0. The molecule has 2 heterocycles. The molecule has 4 rings (SSSR count). The highest BCUT2D eigenvalue weighted by Crippen LogP contribution is 2.34. The minimum Gasteiger partial charge on any atom is -0.455 e. The van der Waals surface area contributed by atoms with E-state index in [0.717, 1.165) is 27.6 Å². The average Bonchev–Trinajstić information content (AvgIpc) is 2.95. The Bertz CT molecular complexity index is 1150. The number of hydrogen-bond acceptors (Lipinski definition) is 3. The lowest BCUT2D eigenvalue weighted by atomic mass is 10.0. The van der Waals surface area contributed by atoms with Crippen LogP contribution in [0.5, 0.6) is 0 Å². The van der Waals surface area contributed by atoms with Crippen molar-refractivity contribution in [2.75, 3.05) is 0 Å². The number of hydrogen-bond donors (Lipinski definition) is 0. The molecule has 0 unspecified atom stereocenters. The van der Waals surface area contributed by atoms with Gasteiger partial charge in [0.15, 0.2) is 5.58 Å². The molecule has 24 heavy (non-hydrogen) atoms. The lowest BCUT2D eigenvalue weighted by Gasteiger charge is -2.04. The molecular formula is C20H13FN2O. The van der Waals surface area contributed by atoms with Crippen molar-refractivity contribution in [1.29, 1.82) is 5.26 Å². The summed E-state index contributed by atoms with van der Waals surface area (Å²) in [5.74, 6) is -0.569. The third-order valence-corrected chi connectivity index (χ3v) is 4.37. The van der Waals surface area contributed by atoms with E-state index in [1.54, 1.807) is 6.07 Å². The zero-order valence-electron chi connectivity index (χ0n) is 13.2. The highest BCUT2D eigenvalue weighted by atomic mass is 19.1. The summed E-state index contributed by atoms with van der Waals surface area (Å²) in [6, 6.07) is 12.6. The molecule has 0 spiro atoms. The third kappa shape index (κ3) is 2.06. The summed E-state index contributed by atoms with van der Waals surface area (Å²) in [6.07, 6.45) is 1.85. The molecule has 0 bridgehead atoms. The van der Waals surface area contributed by atoms with Crippen LogP contribution in [0.2, 0.25) is 0 Å². The van der Waals surface area contributed by atoms with Crippen LogP contribution in [0, 0.1) is 31.0 Å². The van der Waals surface area contributed by atoms with Gasteiger partial charge in [-0.1, -0.05) is 0 Å². The van der Waals surface area contributed by atoms with Gasteiger partial charge in [0.05, 0.1) is 5.69 Å². The fourth-order valence-corrected chi connectivity index (χ4v) is 2.86. The molecule has 0 fully saturated rings. The Balaban J connectivity index is 2.00. The van der Waals surface area contributed by atoms with Crippen molar-refractivity contribution in [2.24, 2.45) is 0 Å². The van der Waals surface area contributed by atoms with Crippen molar-refractivity contribution >= 4 is 21.9 Å². The summed E-state index contributed by atoms with van der Waals surface area (Å²) in [7, 11) is 0. The van der Waals surface area contributed by atoms with Gasteiger partial charge in [0.25, 0.3) is 0 Å². The molecule has 116 valence electrons. The lowest BCUT2D eigenvalue weighted by Crippen LogP contribution is -1.88. The minimum absolute atomic E-state index is 0.0606. The first-order valence-corrected chi connectivity index (χ1v) is 7.57. The van der Waals surface area contributed by atoms with Gasteiger partial charge in [-0.2, -0.15) is 5.26 Å². The number of furan rings is 1. The minimum atomic E-state index is -0.569. The molecule has 0 aliphatic carbocycles. The zero-order valence-corrected chi connectivity index (χ0v) is 13.2. The Morgan fingerprint density at radius 3 is 2.62 bits per heavy atom. The van der Waals surface area contributed by atoms with E-state index in [1.165, 1.54) is 11.6 Å². The maximum atomic E-state index is 13.8. The van der Waals surface area contributed by atoms with Crippen molar-refractivity contribution < 1.29 is 8.81 Å². The van der Waals surface area contributed by atoms with Crippen LogP contribution < -0.4 is 0 Å². The Labute approximate surface area is 138 Å². The SMILES string of the molecule is Cc1cnc(-c2ccc3oc4c(C#N)c(F)ccc4c3c2)cc1C. The summed E-state index contributed by atoms with van der Waals surface area (Å²) in [4.78, 5) is 4.49. The zero-order chi connectivity index (χ0) is 16.8. The first-order valence-electron chi connectivity index (χ1n) is 7.57. The van der Waals surface area contributed by atoms with Gasteiger partial charge in [-0.25, -0.2) is 4.39 Å². The maximum absolute atomic E-state index is 13.8. The van der Waals surface area contributed by atoms with E-state index in [4.69, 9.17) is 4.42 Å². The van der Waals surface area contributed by atoms with Gasteiger partial charge in [0, 0.05) is 22.5 Å². The fourth-order valence-electron chi connectivity index (χ4n) is 2.86. The molecule has 0 radical (unpaired) electrons. The highest BCUT2D eigenvalue weighted by molar-refractivity contribution is 6.07. The first-order chi connectivity index (χ1) is 11.6. The Morgan fingerprint density at radius 2 is 1.88 bits per heavy atom. The van der Waals surface area contributed by atoms with Gasteiger partial charge >= 0.3 is 0 Å². The second-order valence-electron chi connectivity index (χ2n) is 5.88. The summed E-state index contributed by atoms with van der Waals surface area (Å²) in [5, 5.41) is 10.7. The predicted octanol–water partition coefficient (Wildman–Crippen LogP) is 5.28. The number of halogens is 1. The Kier molecular flexibility index (Phi) is 3.10. The van der Waals surface area contributed by atoms with Crippen LogP contribution in [0.15, 0.2) is 47.0 Å². The van der Waals surface area contributed by atoms with Crippen molar-refractivity contribution in [1.82, 2.24) is 4.98 Å². The molecule has 0 N–H and O–H groups in total. The number of aromatic nitrogens is 1. The van der Waals surface area contributed by atoms with E-state index in [1.807, 2.05) is 50.4 Å². The number of nitrogens with zero attached hydrogens (tertiary/aromatic N) is 2.